The molecule has 0 bridgehead atoms. The van der Waals surface area contributed by atoms with E-state index in [4.69, 9.17) is 12.2 Å². The second-order valence-electron chi connectivity index (χ2n) is 6.12. The van der Waals surface area contributed by atoms with Crippen LogP contribution in [0.3, 0.4) is 0 Å². The van der Waals surface area contributed by atoms with Crippen molar-refractivity contribution in [1.82, 2.24) is 15.2 Å². The Hall–Kier alpha value is -3.11. The number of thioether (sulfide) groups is 1. The van der Waals surface area contributed by atoms with Gasteiger partial charge in [0.1, 0.15) is 15.7 Å². The molecular weight excluding hydrogens is 415 g/mol. The van der Waals surface area contributed by atoms with Crippen LogP contribution >= 0.6 is 24.0 Å². The van der Waals surface area contributed by atoms with Crippen molar-refractivity contribution in [3.63, 3.8) is 0 Å². The van der Waals surface area contributed by atoms with Crippen molar-refractivity contribution in [2.75, 3.05) is 11.9 Å². The van der Waals surface area contributed by atoms with Gasteiger partial charge in [-0.05, 0) is 46.2 Å². The first kappa shape index (κ1) is 19.2. The van der Waals surface area contributed by atoms with Crippen molar-refractivity contribution in [2.45, 2.75) is 6.42 Å². The van der Waals surface area contributed by atoms with Gasteiger partial charge in [0.2, 0.25) is 5.91 Å². The highest BCUT2D eigenvalue weighted by Crippen LogP contribution is 2.32. The highest BCUT2D eigenvalue weighted by molar-refractivity contribution is 8.26. The molecule has 7 nitrogen and oxygen atoms in total. The normalized spacial score (nSPS) is 15.5. The van der Waals surface area contributed by atoms with Gasteiger partial charge in [-0.1, -0.05) is 42.2 Å². The van der Waals surface area contributed by atoms with Crippen LogP contribution in [0.4, 0.5) is 10.1 Å². The Morgan fingerprint density at radius 3 is 2.83 bits per heavy atom. The molecular formula is C19H13FN4O3S2. The third kappa shape index (κ3) is 4.17. The summed E-state index contributed by atoms with van der Waals surface area (Å²) < 4.78 is 18.1. The first-order valence-electron chi connectivity index (χ1n) is 8.53. The maximum Gasteiger partial charge on any atom is 0.266 e. The molecule has 1 N–H and O–H groups in total. The van der Waals surface area contributed by atoms with Crippen molar-refractivity contribution in [3.05, 3.63) is 58.8 Å². The Balaban J connectivity index is 1.39. The van der Waals surface area contributed by atoms with Gasteiger partial charge in [0.05, 0.1) is 10.6 Å². The van der Waals surface area contributed by atoms with Crippen LogP contribution in [0.25, 0.3) is 17.1 Å². The summed E-state index contributed by atoms with van der Waals surface area (Å²) in [6.07, 6.45) is 1.70. The fraction of sp³-hybridized carbons (Fsp3) is 0.105. The van der Waals surface area contributed by atoms with Gasteiger partial charge >= 0.3 is 0 Å². The highest BCUT2D eigenvalue weighted by atomic mass is 32.2. The minimum Gasteiger partial charge on any atom is -0.324 e. The molecule has 0 saturated carbocycles. The monoisotopic (exact) mass is 428 g/mol. The summed E-state index contributed by atoms with van der Waals surface area (Å²) in [7, 11) is 0. The molecule has 3 aromatic rings. The van der Waals surface area contributed by atoms with Gasteiger partial charge in [0, 0.05) is 13.0 Å². The zero-order valence-corrected chi connectivity index (χ0v) is 16.4. The molecule has 1 aromatic heterocycles. The van der Waals surface area contributed by atoms with Crippen LogP contribution in [0.1, 0.15) is 12.0 Å². The van der Waals surface area contributed by atoms with E-state index in [-0.39, 0.29) is 30.6 Å². The minimum atomic E-state index is -0.349. The quantitative estimate of drug-likeness (QED) is 0.491. The number of thiocarbonyl (C=S) groups is 1. The van der Waals surface area contributed by atoms with Gasteiger partial charge in [0.15, 0.2) is 5.52 Å². The Labute approximate surface area is 173 Å². The van der Waals surface area contributed by atoms with Gasteiger partial charge in [-0.3, -0.25) is 14.5 Å². The fourth-order valence-electron chi connectivity index (χ4n) is 2.74. The van der Waals surface area contributed by atoms with Gasteiger partial charge in [0.25, 0.3) is 5.91 Å². The lowest BCUT2D eigenvalue weighted by Gasteiger charge is -2.14. The average Bonchev–Trinajstić information content (AvgIpc) is 3.28. The number of anilines is 1. The number of rotatable bonds is 5. The van der Waals surface area contributed by atoms with Crippen LogP contribution in [0, 0.1) is 5.82 Å². The van der Waals surface area contributed by atoms with E-state index in [9.17, 15) is 14.0 Å². The smallest absolute Gasteiger partial charge is 0.266 e. The highest BCUT2D eigenvalue weighted by Gasteiger charge is 2.32. The van der Waals surface area contributed by atoms with E-state index in [1.807, 2.05) is 0 Å². The Kier molecular flexibility index (Phi) is 5.36. The average molecular weight is 428 g/mol. The molecule has 146 valence electrons. The lowest BCUT2D eigenvalue weighted by atomic mass is 10.2. The lowest BCUT2D eigenvalue weighted by molar-refractivity contribution is -0.122. The Morgan fingerprint density at radius 2 is 2.03 bits per heavy atom. The molecule has 29 heavy (non-hydrogen) atoms. The second kappa shape index (κ2) is 8.10. The molecule has 10 heteroatoms. The topological polar surface area (TPSA) is 88.3 Å². The van der Waals surface area contributed by atoms with Crippen LogP contribution in [-0.2, 0) is 9.59 Å². The molecule has 0 radical (unpaired) electrons. The third-order valence-corrected chi connectivity index (χ3v) is 5.54. The van der Waals surface area contributed by atoms with Gasteiger partial charge in [-0.2, -0.15) is 0 Å². The summed E-state index contributed by atoms with van der Waals surface area (Å²) in [6.45, 7) is 0.143. The molecule has 2 aromatic carbocycles. The number of benzene rings is 2. The van der Waals surface area contributed by atoms with Crippen molar-refractivity contribution in [3.8, 4) is 0 Å². The summed E-state index contributed by atoms with van der Waals surface area (Å²) in [4.78, 5) is 26.7. The molecule has 1 aliphatic heterocycles. The van der Waals surface area contributed by atoms with Crippen molar-refractivity contribution in [1.29, 1.82) is 0 Å². The van der Waals surface area contributed by atoms with Gasteiger partial charge < -0.3 is 5.32 Å². The van der Waals surface area contributed by atoms with E-state index < -0.39 is 0 Å². The van der Waals surface area contributed by atoms with Crippen molar-refractivity contribution in [2.24, 2.45) is 0 Å². The standard InChI is InChI=1S/C19H13FN4O3S2/c20-12-6-4-11(5-7-12)10-15-18(26)24(19(28)29-15)9-8-16(25)21-13-2-1-3-14-17(13)23-27-22-14/h1-7,10H,8-9H2,(H,21,25). The molecule has 0 spiro atoms. The molecule has 2 amide bonds. The van der Waals surface area contributed by atoms with E-state index in [0.717, 1.165) is 11.8 Å². The zero-order valence-electron chi connectivity index (χ0n) is 14.8. The lowest BCUT2D eigenvalue weighted by Crippen LogP contribution is -2.31. The third-order valence-electron chi connectivity index (χ3n) is 4.16. The van der Waals surface area contributed by atoms with E-state index in [1.165, 1.54) is 17.0 Å². The number of halogens is 1. The largest absolute Gasteiger partial charge is 0.324 e. The predicted octanol–water partition coefficient (Wildman–Crippen LogP) is 3.59. The molecule has 0 aliphatic carbocycles. The number of hydrogen-bond acceptors (Lipinski definition) is 7. The molecule has 4 rings (SSSR count). The molecule has 1 fully saturated rings. The summed E-state index contributed by atoms with van der Waals surface area (Å²) in [5.74, 6) is -0.921. The van der Waals surface area contributed by atoms with Crippen LogP contribution < -0.4 is 5.32 Å². The number of fused-ring (bicyclic) bond motifs is 1. The maximum atomic E-state index is 13.0. The summed E-state index contributed by atoms with van der Waals surface area (Å²) >= 11 is 6.42. The summed E-state index contributed by atoms with van der Waals surface area (Å²) in [5, 5.41) is 10.2. The first-order chi connectivity index (χ1) is 14.0. The molecule has 1 aliphatic rings. The second-order valence-corrected chi connectivity index (χ2v) is 7.80. The van der Waals surface area contributed by atoms with Crippen molar-refractivity contribution < 1.29 is 18.6 Å². The van der Waals surface area contributed by atoms with E-state index in [1.54, 1.807) is 36.4 Å². The summed E-state index contributed by atoms with van der Waals surface area (Å²) in [6, 6.07) is 10.9. The van der Waals surface area contributed by atoms with Crippen LogP contribution in [0.15, 0.2) is 52.0 Å². The minimum absolute atomic E-state index is 0.0535. The zero-order chi connectivity index (χ0) is 20.4. The van der Waals surface area contributed by atoms with E-state index >= 15 is 0 Å². The SMILES string of the molecule is O=C(CCN1C(=O)C(=Cc2ccc(F)cc2)SC1=S)Nc1cccc2nonc12. The molecule has 0 atom stereocenters. The van der Waals surface area contributed by atoms with Crippen LogP contribution in [-0.4, -0.2) is 37.9 Å². The first-order valence-corrected chi connectivity index (χ1v) is 9.76. The molecule has 0 unspecified atom stereocenters. The number of carbonyl (C=O) groups excluding carboxylic acids is 2. The maximum absolute atomic E-state index is 13.0. The Bertz CT molecular complexity index is 1140. The van der Waals surface area contributed by atoms with E-state index in [0.29, 0.717) is 31.5 Å². The fourth-order valence-corrected chi connectivity index (χ4v) is 4.04. The number of amides is 2. The predicted molar refractivity (Wildman–Crippen MR) is 111 cm³/mol. The van der Waals surface area contributed by atoms with E-state index in [2.05, 4.69) is 20.3 Å². The van der Waals surface area contributed by atoms with Crippen LogP contribution in [0.5, 0.6) is 0 Å². The number of hydrogen-bond donors (Lipinski definition) is 1. The van der Waals surface area contributed by atoms with Gasteiger partial charge in [-0.15, -0.1) is 0 Å². The molecule has 1 saturated heterocycles. The van der Waals surface area contributed by atoms with Gasteiger partial charge in [-0.25, -0.2) is 9.02 Å². The Morgan fingerprint density at radius 1 is 1.24 bits per heavy atom. The summed E-state index contributed by atoms with van der Waals surface area (Å²) in [5.41, 5.74) is 2.16. The molecule has 2 heterocycles. The number of carbonyl (C=O) groups is 2. The van der Waals surface area contributed by atoms with Crippen molar-refractivity contribution >= 4 is 62.9 Å². The van der Waals surface area contributed by atoms with Crippen LogP contribution in [0.2, 0.25) is 0 Å². The number of nitrogens with one attached hydrogen (secondary N) is 1. The number of aromatic nitrogens is 2. The number of nitrogens with zero attached hydrogens (tertiary/aromatic N) is 3.